The number of nitrogens with zero attached hydrogens (tertiary/aromatic N) is 1. The number of carboxylic acid groups (broad SMARTS) is 1. The van der Waals surface area contributed by atoms with Crippen LogP contribution in [-0.2, 0) is 14.4 Å². The minimum absolute atomic E-state index is 0.268. The van der Waals surface area contributed by atoms with E-state index in [0.29, 0.717) is 0 Å². The predicted molar refractivity (Wildman–Crippen MR) is 37.0 cm³/mol. The van der Waals surface area contributed by atoms with Crippen LogP contribution in [0.3, 0.4) is 0 Å². The van der Waals surface area contributed by atoms with Gasteiger partial charge in [0.2, 0.25) is 0 Å². The van der Waals surface area contributed by atoms with Gasteiger partial charge in [-0.1, -0.05) is 0 Å². The number of hydrogen-bond donors (Lipinski definition) is 2. The van der Waals surface area contributed by atoms with Crippen LogP contribution in [0.5, 0.6) is 0 Å². The molecular weight excluding hydrogens is 168 g/mol. The van der Waals surface area contributed by atoms with E-state index in [1.807, 2.05) is 5.34 Å². The van der Waals surface area contributed by atoms with Gasteiger partial charge in [-0.25, -0.2) is 0 Å². The first-order valence-electron chi connectivity index (χ1n) is 3.04. The van der Waals surface area contributed by atoms with E-state index in [4.69, 9.17) is 10.8 Å². The summed E-state index contributed by atoms with van der Waals surface area (Å²) >= 11 is 0. The van der Waals surface area contributed by atoms with E-state index < -0.39 is 18.1 Å². The van der Waals surface area contributed by atoms with Gasteiger partial charge in [0, 0.05) is 6.42 Å². The van der Waals surface area contributed by atoms with E-state index in [1.54, 1.807) is 0 Å². The van der Waals surface area contributed by atoms with E-state index in [1.165, 1.54) is 0 Å². The number of aliphatic carboxylic acids is 1. The van der Waals surface area contributed by atoms with E-state index >= 15 is 0 Å². The molecule has 0 amide bonds. The summed E-state index contributed by atoms with van der Waals surface area (Å²) in [6, 6.07) is -1.23. The highest BCUT2D eigenvalue weighted by molar-refractivity contribution is 5.74. The van der Waals surface area contributed by atoms with Gasteiger partial charge in [-0.05, 0) is 0 Å². The summed E-state index contributed by atoms with van der Waals surface area (Å²) in [5.41, 5.74) is 5.04. The highest BCUT2D eigenvalue weighted by atomic mass is 16.7. The third-order valence-electron chi connectivity index (χ3n) is 1.13. The molecular formula is C5H8N2O5. The fraction of sp³-hybridized carbons (Fsp3) is 0.600. The zero-order chi connectivity index (χ0) is 9.56. The Balaban J connectivity index is 3.92. The first kappa shape index (κ1) is 10.5. The molecule has 0 radical (unpaired) electrons. The van der Waals surface area contributed by atoms with Gasteiger partial charge in [0.1, 0.15) is 6.04 Å². The maximum atomic E-state index is 10.1. The van der Waals surface area contributed by atoms with Crippen LogP contribution < -0.4 is 5.73 Å². The van der Waals surface area contributed by atoms with Gasteiger partial charge >= 0.3 is 5.97 Å². The van der Waals surface area contributed by atoms with Crippen molar-refractivity contribution in [3.8, 4) is 0 Å². The summed E-state index contributed by atoms with van der Waals surface area (Å²) < 4.78 is 0. The lowest BCUT2D eigenvalue weighted by molar-refractivity contribution is -0.139. The molecule has 0 aromatic rings. The van der Waals surface area contributed by atoms with Crippen LogP contribution in [0.4, 0.5) is 0 Å². The molecule has 0 saturated carbocycles. The van der Waals surface area contributed by atoms with Gasteiger partial charge in [-0.3, -0.25) is 9.59 Å². The fourth-order valence-corrected chi connectivity index (χ4v) is 0.530. The van der Waals surface area contributed by atoms with Crippen LogP contribution in [0, 0.1) is 4.91 Å². The smallest absolute Gasteiger partial charge is 0.320 e. The van der Waals surface area contributed by atoms with Crippen LogP contribution in [0.25, 0.3) is 0 Å². The summed E-state index contributed by atoms with van der Waals surface area (Å²) in [4.78, 5) is 33.7. The predicted octanol–water partition coefficient (Wildman–Crippen LogP) is -0.946. The average molecular weight is 176 g/mol. The molecule has 12 heavy (non-hydrogen) atoms. The second-order valence-electron chi connectivity index (χ2n) is 2.03. The first-order chi connectivity index (χ1) is 5.61. The maximum absolute atomic E-state index is 10.1. The zero-order valence-electron chi connectivity index (χ0n) is 6.04. The second-order valence-corrected chi connectivity index (χ2v) is 2.03. The Morgan fingerprint density at radius 1 is 1.75 bits per heavy atom. The highest BCUT2D eigenvalue weighted by Gasteiger charge is 2.19. The Morgan fingerprint density at radius 3 is 2.67 bits per heavy atom. The molecule has 2 atom stereocenters. The molecule has 0 aromatic heterocycles. The number of rotatable bonds is 6. The minimum Gasteiger partial charge on any atom is -0.480 e. The van der Waals surface area contributed by atoms with Crippen molar-refractivity contribution in [2.45, 2.75) is 18.6 Å². The molecule has 0 spiro atoms. The van der Waals surface area contributed by atoms with Crippen molar-refractivity contribution < 1.29 is 19.5 Å². The molecule has 0 heterocycles. The van der Waals surface area contributed by atoms with Crippen LogP contribution in [0.2, 0.25) is 0 Å². The van der Waals surface area contributed by atoms with Crippen molar-refractivity contribution in [3.05, 3.63) is 4.91 Å². The summed E-state index contributed by atoms with van der Waals surface area (Å²) in [6.45, 7) is 0. The maximum Gasteiger partial charge on any atom is 0.320 e. The van der Waals surface area contributed by atoms with Crippen molar-refractivity contribution in [3.63, 3.8) is 0 Å². The normalized spacial score (nSPS) is 14.4. The Bertz CT molecular complexity index is 183. The second kappa shape index (κ2) is 5.19. The molecule has 0 rings (SSSR count). The van der Waals surface area contributed by atoms with Crippen LogP contribution in [-0.4, -0.2) is 29.5 Å². The topological polar surface area (TPSA) is 119 Å². The van der Waals surface area contributed by atoms with Crippen molar-refractivity contribution in [1.29, 1.82) is 0 Å². The molecule has 0 aromatic carbocycles. The number of carbonyl (C=O) groups is 2. The molecule has 0 aliphatic carbocycles. The van der Waals surface area contributed by atoms with Gasteiger partial charge in [0.25, 0.3) is 0 Å². The van der Waals surface area contributed by atoms with Gasteiger partial charge in [0.05, 0.1) is 0 Å². The van der Waals surface area contributed by atoms with Gasteiger partial charge in [-0.2, -0.15) is 0 Å². The largest absolute Gasteiger partial charge is 0.480 e. The molecule has 68 valence electrons. The van der Waals surface area contributed by atoms with E-state index in [-0.39, 0.29) is 12.7 Å². The van der Waals surface area contributed by atoms with Crippen molar-refractivity contribution in [2.75, 3.05) is 0 Å². The summed E-state index contributed by atoms with van der Waals surface area (Å²) in [5, 5.41) is 10.3. The van der Waals surface area contributed by atoms with Gasteiger partial charge < -0.3 is 15.7 Å². The lowest BCUT2D eigenvalue weighted by Gasteiger charge is -2.08. The van der Waals surface area contributed by atoms with Crippen LogP contribution in [0.1, 0.15) is 6.42 Å². The molecule has 0 aliphatic rings. The molecule has 7 nitrogen and oxygen atoms in total. The van der Waals surface area contributed by atoms with Gasteiger partial charge in [-0.15, -0.1) is 4.91 Å². The zero-order valence-corrected chi connectivity index (χ0v) is 6.04. The van der Waals surface area contributed by atoms with Gasteiger partial charge in [0.15, 0.2) is 17.7 Å². The Hall–Kier alpha value is -1.50. The molecule has 0 bridgehead atoms. The quantitative estimate of drug-likeness (QED) is 0.306. The number of carboxylic acids is 1. The lowest BCUT2D eigenvalue weighted by Crippen LogP contribution is -2.34. The van der Waals surface area contributed by atoms with Crippen LogP contribution in [0.15, 0.2) is 5.34 Å². The van der Waals surface area contributed by atoms with E-state index in [2.05, 4.69) is 4.84 Å². The third-order valence-corrected chi connectivity index (χ3v) is 1.13. The molecule has 3 N–H and O–H groups in total. The summed E-state index contributed by atoms with van der Waals surface area (Å²) in [7, 11) is 0. The minimum atomic E-state index is -1.27. The molecule has 0 saturated heterocycles. The standard InChI is InChI=1S/C5H8N2O5/c6-4(5(9)10)1-3(2-8)12-7-11/h2-4H,1,6H2,(H,9,10). The average Bonchev–Trinajstić information content (AvgIpc) is 2.03. The molecule has 0 fully saturated rings. The third kappa shape index (κ3) is 3.62. The van der Waals surface area contributed by atoms with Crippen molar-refractivity contribution in [2.24, 2.45) is 11.1 Å². The van der Waals surface area contributed by atoms with Crippen molar-refractivity contribution in [1.82, 2.24) is 0 Å². The molecule has 0 aliphatic heterocycles. The fourth-order valence-electron chi connectivity index (χ4n) is 0.530. The number of carbonyl (C=O) groups excluding carboxylic acids is 1. The number of nitrogens with two attached hydrogens (primary N) is 1. The Labute approximate surface area is 67.4 Å². The van der Waals surface area contributed by atoms with Crippen molar-refractivity contribution >= 4 is 12.3 Å². The van der Waals surface area contributed by atoms with Crippen LogP contribution >= 0.6 is 0 Å². The highest BCUT2D eigenvalue weighted by Crippen LogP contribution is 1.99. The Kier molecular flexibility index (Phi) is 4.54. The lowest BCUT2D eigenvalue weighted by atomic mass is 10.1. The SMILES string of the molecule is NC(CC(C=O)ON=O)C(=O)O. The number of hydrogen-bond acceptors (Lipinski definition) is 6. The Morgan fingerprint density at radius 2 is 2.33 bits per heavy atom. The molecule has 2 unspecified atom stereocenters. The first-order valence-corrected chi connectivity index (χ1v) is 3.04. The molecule has 7 heteroatoms. The van der Waals surface area contributed by atoms with E-state index in [0.717, 1.165) is 0 Å². The summed E-state index contributed by atoms with van der Waals surface area (Å²) in [5.74, 6) is -1.27. The monoisotopic (exact) mass is 176 g/mol. The van der Waals surface area contributed by atoms with E-state index in [9.17, 15) is 14.5 Å². The number of aldehydes is 1. The summed E-state index contributed by atoms with van der Waals surface area (Å²) in [6.07, 6.45) is -1.19.